The molecular formula is C27H32F3N3O4. The van der Waals surface area contributed by atoms with Crippen LogP contribution >= 0.6 is 0 Å². The van der Waals surface area contributed by atoms with Gasteiger partial charge in [0.2, 0.25) is 5.91 Å². The minimum atomic E-state index is -4.56. The average molecular weight is 520 g/mol. The lowest BCUT2D eigenvalue weighted by Gasteiger charge is -2.42. The molecule has 7 nitrogen and oxygen atoms in total. The van der Waals surface area contributed by atoms with Crippen molar-refractivity contribution >= 4 is 11.8 Å². The number of nitrogens with zero attached hydrogens (tertiary/aromatic N) is 1. The third-order valence-electron chi connectivity index (χ3n) is 8.13. The van der Waals surface area contributed by atoms with E-state index >= 15 is 0 Å². The highest BCUT2D eigenvalue weighted by molar-refractivity contribution is 5.96. The van der Waals surface area contributed by atoms with Crippen molar-refractivity contribution in [3.63, 3.8) is 0 Å². The molecule has 2 heterocycles. The van der Waals surface area contributed by atoms with E-state index in [9.17, 15) is 27.9 Å². The number of aliphatic hydroxyl groups excluding tert-OH is 1. The Morgan fingerprint density at radius 3 is 2.73 bits per heavy atom. The number of nitrogens with one attached hydrogen (secondary N) is 2. The van der Waals surface area contributed by atoms with Crippen LogP contribution in [0.15, 0.2) is 47.6 Å². The standard InChI is InChI=1S/C27H32F3N3O4/c28-27(29,30)19-6-3-5-17(12-19)25(36)31-13-24(35)32-22-14-33(15-23(22)34)20-8-10-26(11-9-20)21-7-2-1-4-18(21)16-37-26/h1,3-6,12,20,22-23,34H,2,7-11,13-16H2,(H,31,36)(H,32,35)/t20?,22-,23?,26?/m0/s1. The second-order valence-corrected chi connectivity index (χ2v) is 10.4. The normalized spacial score (nSPS) is 30.0. The maximum absolute atomic E-state index is 12.9. The zero-order valence-electron chi connectivity index (χ0n) is 20.5. The number of hydrogen-bond acceptors (Lipinski definition) is 5. The fraction of sp³-hybridized carbons (Fsp3) is 0.556. The van der Waals surface area contributed by atoms with Crippen molar-refractivity contribution in [2.75, 3.05) is 26.2 Å². The number of alkyl halides is 3. The third kappa shape index (κ3) is 5.46. The summed E-state index contributed by atoms with van der Waals surface area (Å²) in [7, 11) is 0. The summed E-state index contributed by atoms with van der Waals surface area (Å²) in [5.74, 6) is -1.27. The SMILES string of the molecule is O=C(CNC(=O)c1cccc(C(F)(F)F)c1)N[C@H]1CN(C2CCC3(CC2)OCC2=C3CCC=C2)CC1O. The van der Waals surface area contributed by atoms with Crippen LogP contribution in [0.3, 0.4) is 0 Å². The Labute approximate surface area is 213 Å². The molecule has 0 bridgehead atoms. The van der Waals surface area contributed by atoms with Gasteiger partial charge < -0.3 is 20.5 Å². The van der Waals surface area contributed by atoms with Gasteiger partial charge in [0, 0.05) is 24.7 Å². The molecule has 3 N–H and O–H groups in total. The van der Waals surface area contributed by atoms with Gasteiger partial charge in [-0.1, -0.05) is 18.2 Å². The van der Waals surface area contributed by atoms with Crippen molar-refractivity contribution in [2.24, 2.45) is 0 Å². The molecule has 5 rings (SSSR count). The van der Waals surface area contributed by atoms with Gasteiger partial charge in [-0.2, -0.15) is 13.2 Å². The van der Waals surface area contributed by atoms with Gasteiger partial charge in [-0.15, -0.1) is 0 Å². The van der Waals surface area contributed by atoms with Crippen molar-refractivity contribution in [1.29, 1.82) is 0 Å². The van der Waals surface area contributed by atoms with Crippen LogP contribution in [0, 0.1) is 0 Å². The largest absolute Gasteiger partial charge is 0.416 e. The molecule has 1 unspecified atom stereocenters. The van der Waals surface area contributed by atoms with E-state index in [0.717, 1.165) is 56.7 Å². The van der Waals surface area contributed by atoms with Crippen molar-refractivity contribution < 1.29 is 32.6 Å². The predicted octanol–water partition coefficient (Wildman–Crippen LogP) is 2.95. The van der Waals surface area contributed by atoms with Gasteiger partial charge in [0.25, 0.3) is 5.91 Å². The number of rotatable bonds is 5. The Morgan fingerprint density at radius 2 is 1.97 bits per heavy atom. The van der Waals surface area contributed by atoms with Gasteiger partial charge in [0.1, 0.15) is 0 Å². The first-order valence-corrected chi connectivity index (χ1v) is 12.8. The van der Waals surface area contributed by atoms with Gasteiger partial charge in [-0.05, 0) is 67.9 Å². The van der Waals surface area contributed by atoms with Crippen LogP contribution in [0.4, 0.5) is 13.2 Å². The zero-order chi connectivity index (χ0) is 26.2. The third-order valence-corrected chi connectivity index (χ3v) is 8.13. The number of aliphatic hydroxyl groups is 1. The maximum Gasteiger partial charge on any atom is 0.416 e. The molecule has 2 fully saturated rings. The van der Waals surface area contributed by atoms with Gasteiger partial charge in [0.15, 0.2) is 0 Å². The van der Waals surface area contributed by atoms with Gasteiger partial charge in [-0.25, -0.2) is 0 Å². The molecular weight excluding hydrogens is 487 g/mol. The number of fused-ring (bicyclic) bond motifs is 1. The van der Waals surface area contributed by atoms with E-state index in [1.807, 2.05) is 0 Å². The first-order valence-electron chi connectivity index (χ1n) is 12.8. The summed E-state index contributed by atoms with van der Waals surface area (Å²) < 4.78 is 44.9. The smallest absolute Gasteiger partial charge is 0.390 e. The van der Waals surface area contributed by atoms with Gasteiger partial charge in [-0.3, -0.25) is 14.5 Å². The fourth-order valence-electron chi connectivity index (χ4n) is 6.17. The quantitative estimate of drug-likeness (QED) is 0.557. The Bertz CT molecular complexity index is 1110. The van der Waals surface area contributed by atoms with Crippen LogP contribution in [-0.4, -0.2) is 71.9 Å². The van der Waals surface area contributed by atoms with Crippen LogP contribution in [0.1, 0.15) is 54.4 Å². The van der Waals surface area contributed by atoms with Crippen molar-refractivity contribution in [3.8, 4) is 0 Å². The monoisotopic (exact) mass is 519 g/mol. The second-order valence-electron chi connectivity index (χ2n) is 10.4. The number of halogens is 3. The van der Waals surface area contributed by atoms with E-state index in [1.165, 1.54) is 17.2 Å². The molecule has 0 radical (unpaired) electrons. The molecule has 2 atom stereocenters. The second kappa shape index (κ2) is 10.2. The van der Waals surface area contributed by atoms with Crippen LogP contribution < -0.4 is 10.6 Å². The topological polar surface area (TPSA) is 90.9 Å². The highest BCUT2D eigenvalue weighted by Gasteiger charge is 2.46. The lowest BCUT2D eigenvalue weighted by atomic mass is 9.74. The van der Waals surface area contributed by atoms with Crippen molar-refractivity contribution in [3.05, 3.63) is 58.7 Å². The number of amides is 2. The molecule has 200 valence electrons. The van der Waals surface area contributed by atoms with E-state index in [2.05, 4.69) is 27.7 Å². The number of carbonyl (C=O) groups is 2. The van der Waals surface area contributed by atoms with Crippen LogP contribution in [0.2, 0.25) is 0 Å². The Hall–Kier alpha value is -2.69. The predicted molar refractivity (Wildman–Crippen MR) is 130 cm³/mol. The van der Waals surface area contributed by atoms with Crippen molar-refractivity contribution in [1.82, 2.24) is 15.5 Å². The van der Waals surface area contributed by atoms with E-state index < -0.39 is 42.2 Å². The number of benzene rings is 1. The molecule has 1 aromatic carbocycles. The van der Waals surface area contributed by atoms with E-state index in [4.69, 9.17) is 4.74 Å². The van der Waals surface area contributed by atoms with Gasteiger partial charge in [0.05, 0.1) is 36.5 Å². The molecule has 10 heteroatoms. The first-order chi connectivity index (χ1) is 17.6. The Kier molecular flexibility index (Phi) is 7.17. The lowest BCUT2D eigenvalue weighted by molar-refractivity contribution is -0.137. The minimum absolute atomic E-state index is 0.139. The molecule has 1 aromatic rings. The van der Waals surface area contributed by atoms with Crippen LogP contribution in [-0.2, 0) is 15.7 Å². The summed E-state index contributed by atoms with van der Waals surface area (Å²) in [5.41, 5.74) is 1.56. The molecule has 4 aliphatic rings. The maximum atomic E-state index is 12.9. The van der Waals surface area contributed by atoms with Crippen molar-refractivity contribution in [2.45, 2.75) is 68.5 Å². The Balaban J connectivity index is 1.09. The minimum Gasteiger partial charge on any atom is -0.390 e. The highest BCUT2D eigenvalue weighted by Crippen LogP contribution is 2.47. The zero-order valence-corrected chi connectivity index (χ0v) is 20.5. The molecule has 1 spiro atoms. The summed E-state index contributed by atoms with van der Waals surface area (Å²) in [6, 6.07) is 3.86. The summed E-state index contributed by atoms with van der Waals surface area (Å²) >= 11 is 0. The average Bonchev–Trinajstić information content (AvgIpc) is 3.43. The summed E-state index contributed by atoms with van der Waals surface area (Å²) in [6.07, 6.45) is 5.07. The van der Waals surface area contributed by atoms with E-state index in [-0.39, 0.29) is 11.2 Å². The number of allylic oxidation sites excluding steroid dienone is 1. The van der Waals surface area contributed by atoms with E-state index in [0.29, 0.717) is 25.7 Å². The van der Waals surface area contributed by atoms with E-state index in [1.54, 1.807) is 0 Å². The first kappa shape index (κ1) is 25.9. The van der Waals surface area contributed by atoms with Crippen LogP contribution in [0.5, 0.6) is 0 Å². The Morgan fingerprint density at radius 1 is 1.19 bits per heavy atom. The lowest BCUT2D eigenvalue weighted by Crippen LogP contribution is -2.47. The number of hydrogen-bond donors (Lipinski definition) is 3. The van der Waals surface area contributed by atoms with Crippen LogP contribution in [0.25, 0.3) is 0 Å². The summed E-state index contributed by atoms with van der Waals surface area (Å²) in [4.78, 5) is 26.9. The fourth-order valence-corrected chi connectivity index (χ4v) is 6.17. The molecule has 1 saturated carbocycles. The highest BCUT2D eigenvalue weighted by atomic mass is 19.4. The molecule has 2 aliphatic heterocycles. The molecule has 0 aromatic heterocycles. The molecule has 2 amide bonds. The molecule has 1 saturated heterocycles. The number of likely N-dealkylation sites (tertiary alicyclic amines) is 1. The summed E-state index contributed by atoms with van der Waals surface area (Å²) in [5, 5.41) is 15.7. The molecule has 2 aliphatic carbocycles. The summed E-state index contributed by atoms with van der Waals surface area (Å²) in [6.45, 7) is 1.26. The number of β-amino-alcohol motifs (C(OH)–C–C–N with tert-alkyl or cyclic N) is 1. The number of ether oxygens (including phenoxy) is 1. The van der Waals surface area contributed by atoms with Gasteiger partial charge >= 0.3 is 6.18 Å². The number of carbonyl (C=O) groups excluding carboxylic acids is 2. The molecule has 37 heavy (non-hydrogen) atoms.